The van der Waals surface area contributed by atoms with Crippen molar-refractivity contribution in [2.24, 2.45) is 0 Å². The summed E-state index contributed by atoms with van der Waals surface area (Å²) in [6.45, 7) is 4.28. The number of benzene rings is 1. The summed E-state index contributed by atoms with van der Waals surface area (Å²) in [4.78, 5) is 10.5. The molecule has 0 atom stereocenters. The van der Waals surface area contributed by atoms with Crippen LogP contribution in [-0.4, -0.2) is 36.1 Å². The molecule has 6 heteroatoms. The zero-order valence-corrected chi connectivity index (χ0v) is 12.0. The van der Waals surface area contributed by atoms with E-state index in [1.54, 1.807) is 6.92 Å². The summed E-state index contributed by atoms with van der Waals surface area (Å²) in [7, 11) is -3.53. The molecule has 0 bridgehead atoms. The number of aryl methyl sites for hydroxylation is 1. The molecule has 0 fully saturated rings. The quantitative estimate of drug-likeness (QED) is 0.826. The monoisotopic (exact) mass is 285 g/mol. The molecular formula is C13H19NO4S. The van der Waals surface area contributed by atoms with E-state index in [-0.39, 0.29) is 18.7 Å². The number of hydrogen-bond acceptors (Lipinski definition) is 3. The molecule has 0 aromatic heterocycles. The number of hydrogen-bond donors (Lipinski definition) is 1. The van der Waals surface area contributed by atoms with E-state index in [9.17, 15) is 13.2 Å². The Kier molecular flexibility index (Phi) is 5.50. The van der Waals surface area contributed by atoms with Crippen LogP contribution in [-0.2, 0) is 21.4 Å². The molecule has 1 N–H and O–H groups in total. The summed E-state index contributed by atoms with van der Waals surface area (Å²) in [5.41, 5.74) is 1.96. The van der Waals surface area contributed by atoms with Gasteiger partial charge >= 0.3 is 5.97 Å². The maximum Gasteiger partial charge on any atom is 0.304 e. The summed E-state index contributed by atoms with van der Waals surface area (Å²) in [5, 5.41) is 8.58. The van der Waals surface area contributed by atoms with Crippen LogP contribution < -0.4 is 0 Å². The minimum Gasteiger partial charge on any atom is -0.481 e. The van der Waals surface area contributed by atoms with Gasteiger partial charge in [0, 0.05) is 13.1 Å². The van der Waals surface area contributed by atoms with Gasteiger partial charge in [-0.25, -0.2) is 8.42 Å². The highest BCUT2D eigenvalue weighted by atomic mass is 32.2. The molecule has 5 nitrogen and oxygen atoms in total. The molecule has 0 amide bonds. The first-order valence-electron chi connectivity index (χ1n) is 6.11. The van der Waals surface area contributed by atoms with E-state index in [1.807, 2.05) is 31.2 Å². The predicted molar refractivity (Wildman–Crippen MR) is 73.3 cm³/mol. The highest BCUT2D eigenvalue weighted by molar-refractivity contribution is 7.89. The molecule has 0 radical (unpaired) electrons. The SMILES string of the molecule is CCN(Cc1ccccc1C)S(=O)(=O)CCC(=O)O. The molecule has 106 valence electrons. The Bertz CT molecular complexity index is 539. The van der Waals surface area contributed by atoms with Crippen molar-refractivity contribution < 1.29 is 18.3 Å². The summed E-state index contributed by atoms with van der Waals surface area (Å²) in [6.07, 6.45) is -0.368. The van der Waals surface area contributed by atoms with Crippen molar-refractivity contribution >= 4 is 16.0 Å². The van der Waals surface area contributed by atoms with Crippen molar-refractivity contribution in [1.29, 1.82) is 0 Å². The molecule has 0 spiro atoms. The molecule has 0 aliphatic heterocycles. The van der Waals surface area contributed by atoms with E-state index in [0.29, 0.717) is 6.54 Å². The number of aliphatic carboxylic acids is 1. The van der Waals surface area contributed by atoms with Gasteiger partial charge in [-0.1, -0.05) is 31.2 Å². The van der Waals surface area contributed by atoms with Gasteiger partial charge in [-0.2, -0.15) is 4.31 Å². The maximum absolute atomic E-state index is 12.0. The molecule has 19 heavy (non-hydrogen) atoms. The highest BCUT2D eigenvalue weighted by Gasteiger charge is 2.22. The highest BCUT2D eigenvalue weighted by Crippen LogP contribution is 2.14. The largest absolute Gasteiger partial charge is 0.481 e. The smallest absolute Gasteiger partial charge is 0.304 e. The first kappa shape index (κ1) is 15.7. The van der Waals surface area contributed by atoms with Crippen LogP contribution in [0, 0.1) is 6.92 Å². The third-order valence-corrected chi connectivity index (χ3v) is 4.82. The Labute approximate surface area is 113 Å². The van der Waals surface area contributed by atoms with E-state index in [1.165, 1.54) is 4.31 Å². The molecule has 0 aliphatic rings. The van der Waals surface area contributed by atoms with E-state index < -0.39 is 16.0 Å². The van der Waals surface area contributed by atoms with E-state index in [2.05, 4.69) is 0 Å². The van der Waals surface area contributed by atoms with Crippen LogP contribution in [0.2, 0.25) is 0 Å². The van der Waals surface area contributed by atoms with Crippen LogP contribution >= 0.6 is 0 Å². The molecule has 0 saturated heterocycles. The lowest BCUT2D eigenvalue weighted by Crippen LogP contribution is -2.33. The zero-order valence-electron chi connectivity index (χ0n) is 11.2. The zero-order chi connectivity index (χ0) is 14.5. The van der Waals surface area contributed by atoms with Crippen molar-refractivity contribution in [3.8, 4) is 0 Å². The van der Waals surface area contributed by atoms with Crippen molar-refractivity contribution in [3.05, 3.63) is 35.4 Å². The van der Waals surface area contributed by atoms with Gasteiger partial charge in [0.15, 0.2) is 0 Å². The van der Waals surface area contributed by atoms with Gasteiger partial charge in [0.1, 0.15) is 0 Å². The number of carboxylic acid groups (broad SMARTS) is 1. The summed E-state index contributed by atoms with van der Waals surface area (Å²) >= 11 is 0. The molecule has 1 aromatic rings. The van der Waals surface area contributed by atoms with Gasteiger partial charge in [-0.3, -0.25) is 4.79 Å². The molecule has 1 aromatic carbocycles. The van der Waals surface area contributed by atoms with Gasteiger partial charge in [0.05, 0.1) is 12.2 Å². The van der Waals surface area contributed by atoms with Crippen LogP contribution in [0.5, 0.6) is 0 Å². The van der Waals surface area contributed by atoms with Crippen molar-refractivity contribution in [2.75, 3.05) is 12.3 Å². The first-order chi connectivity index (χ1) is 8.86. The fourth-order valence-corrected chi connectivity index (χ4v) is 3.15. The van der Waals surface area contributed by atoms with Gasteiger partial charge in [-0.15, -0.1) is 0 Å². The lowest BCUT2D eigenvalue weighted by Gasteiger charge is -2.21. The van der Waals surface area contributed by atoms with Crippen molar-refractivity contribution in [1.82, 2.24) is 4.31 Å². The second-order valence-corrected chi connectivity index (χ2v) is 6.40. The Morgan fingerprint density at radius 3 is 2.47 bits per heavy atom. The predicted octanol–water partition coefficient (Wildman–Crippen LogP) is 1.62. The molecule has 0 saturated carbocycles. The Morgan fingerprint density at radius 1 is 1.32 bits per heavy atom. The van der Waals surface area contributed by atoms with Gasteiger partial charge < -0.3 is 5.11 Å². The molecule has 0 heterocycles. The number of rotatable bonds is 7. The average Bonchev–Trinajstić information content (AvgIpc) is 2.35. The lowest BCUT2D eigenvalue weighted by molar-refractivity contribution is -0.136. The first-order valence-corrected chi connectivity index (χ1v) is 7.72. The van der Waals surface area contributed by atoms with Gasteiger partial charge in [0.2, 0.25) is 10.0 Å². The van der Waals surface area contributed by atoms with Crippen LogP contribution in [0.3, 0.4) is 0 Å². The Morgan fingerprint density at radius 2 is 1.95 bits per heavy atom. The summed E-state index contributed by atoms with van der Waals surface area (Å²) in [5.74, 6) is -1.46. The van der Waals surface area contributed by atoms with Crippen LogP contribution in [0.4, 0.5) is 0 Å². The maximum atomic E-state index is 12.0. The third kappa shape index (κ3) is 4.65. The topological polar surface area (TPSA) is 74.7 Å². The van der Waals surface area contributed by atoms with Crippen molar-refractivity contribution in [2.45, 2.75) is 26.8 Å². The second kappa shape index (κ2) is 6.68. The molecule has 0 unspecified atom stereocenters. The summed E-state index contributed by atoms with van der Waals surface area (Å²) < 4.78 is 25.4. The number of nitrogens with zero attached hydrogens (tertiary/aromatic N) is 1. The van der Waals surface area contributed by atoms with Gasteiger partial charge in [0.25, 0.3) is 0 Å². The second-order valence-electron chi connectivity index (χ2n) is 4.31. The fourth-order valence-electron chi connectivity index (χ4n) is 1.73. The van der Waals surface area contributed by atoms with Crippen LogP contribution in [0.15, 0.2) is 24.3 Å². The minimum atomic E-state index is -3.53. The molecule has 1 rings (SSSR count). The standard InChI is InChI=1S/C13H19NO4S/c1-3-14(19(17,18)9-8-13(15)16)10-12-7-5-4-6-11(12)2/h4-7H,3,8-10H2,1-2H3,(H,15,16). The molecular weight excluding hydrogens is 266 g/mol. The molecule has 0 aliphatic carbocycles. The Hall–Kier alpha value is -1.40. The average molecular weight is 285 g/mol. The van der Waals surface area contributed by atoms with E-state index in [0.717, 1.165) is 11.1 Å². The normalized spacial score (nSPS) is 11.7. The Balaban J connectivity index is 2.83. The van der Waals surface area contributed by atoms with Gasteiger partial charge in [-0.05, 0) is 18.1 Å². The van der Waals surface area contributed by atoms with E-state index >= 15 is 0 Å². The van der Waals surface area contributed by atoms with Crippen molar-refractivity contribution in [3.63, 3.8) is 0 Å². The third-order valence-electron chi connectivity index (χ3n) is 2.93. The lowest BCUT2D eigenvalue weighted by atomic mass is 10.1. The number of carboxylic acids is 1. The fraction of sp³-hybridized carbons (Fsp3) is 0.462. The number of carbonyl (C=O) groups is 1. The van der Waals surface area contributed by atoms with Crippen LogP contribution in [0.25, 0.3) is 0 Å². The van der Waals surface area contributed by atoms with Crippen LogP contribution in [0.1, 0.15) is 24.5 Å². The van der Waals surface area contributed by atoms with E-state index in [4.69, 9.17) is 5.11 Å². The number of sulfonamides is 1. The minimum absolute atomic E-state index is 0.283. The summed E-state index contributed by atoms with van der Waals surface area (Å²) in [6, 6.07) is 7.56.